The first-order valence-electron chi connectivity index (χ1n) is 8.06. The van der Waals surface area contributed by atoms with Crippen LogP contribution in [0.4, 0.5) is 0 Å². The minimum absolute atomic E-state index is 0. The fraction of sp³-hybridized carbons (Fsp3) is 0.278. The van der Waals surface area contributed by atoms with Crippen molar-refractivity contribution >= 4 is 41.3 Å². The molecule has 0 radical (unpaired) electrons. The van der Waals surface area contributed by atoms with Gasteiger partial charge in [-0.3, -0.25) is 4.99 Å². The number of imidazole rings is 1. The van der Waals surface area contributed by atoms with Gasteiger partial charge in [0.2, 0.25) is 0 Å². The molecular formula is C18H23IN6S. The maximum absolute atomic E-state index is 4.51. The van der Waals surface area contributed by atoms with Gasteiger partial charge in [-0.25, -0.2) is 9.97 Å². The number of nitrogens with zero attached hydrogens (tertiary/aromatic N) is 5. The highest BCUT2D eigenvalue weighted by atomic mass is 127. The Hall–Kier alpha value is -1.94. The van der Waals surface area contributed by atoms with E-state index in [0.717, 1.165) is 28.9 Å². The summed E-state index contributed by atoms with van der Waals surface area (Å²) in [7, 11) is 3.82. The third-order valence-electron chi connectivity index (χ3n) is 3.80. The minimum atomic E-state index is 0. The molecule has 138 valence electrons. The molecule has 6 nitrogen and oxygen atoms in total. The number of aromatic nitrogens is 3. The first kappa shape index (κ1) is 20.4. The van der Waals surface area contributed by atoms with Crippen molar-refractivity contribution < 1.29 is 0 Å². The molecule has 0 bridgehead atoms. The van der Waals surface area contributed by atoms with Crippen molar-refractivity contribution in [3.8, 4) is 5.69 Å². The van der Waals surface area contributed by atoms with Crippen LogP contribution in [0.3, 0.4) is 0 Å². The average Bonchev–Trinajstić information content (AvgIpc) is 3.28. The van der Waals surface area contributed by atoms with E-state index in [1.54, 1.807) is 30.9 Å². The fourth-order valence-corrected chi connectivity index (χ4v) is 3.21. The maximum Gasteiger partial charge on any atom is 0.194 e. The van der Waals surface area contributed by atoms with Gasteiger partial charge in [0.05, 0.1) is 23.6 Å². The summed E-state index contributed by atoms with van der Waals surface area (Å²) in [4.78, 5) is 15.1. The predicted octanol–water partition coefficient (Wildman–Crippen LogP) is 3.46. The Bertz CT molecular complexity index is 843. The number of halogens is 1. The minimum Gasteiger partial charge on any atom is -0.352 e. The zero-order chi connectivity index (χ0) is 17.6. The van der Waals surface area contributed by atoms with Crippen molar-refractivity contribution in [2.75, 3.05) is 14.1 Å². The van der Waals surface area contributed by atoms with Crippen LogP contribution >= 0.6 is 35.3 Å². The number of benzene rings is 1. The first-order valence-corrected chi connectivity index (χ1v) is 8.93. The van der Waals surface area contributed by atoms with Crippen LogP contribution < -0.4 is 5.32 Å². The molecule has 26 heavy (non-hydrogen) atoms. The lowest BCUT2D eigenvalue weighted by molar-refractivity contribution is 0.470. The van der Waals surface area contributed by atoms with Crippen LogP contribution in [0.5, 0.6) is 0 Å². The molecule has 0 atom stereocenters. The summed E-state index contributed by atoms with van der Waals surface area (Å²) in [6.07, 6.45) is 5.52. The quantitative estimate of drug-likeness (QED) is 0.344. The SMILES string of the molecule is CN=C(NCc1cccc(-n2ccnc2)c1)N(C)Cc1csc(C)n1.I. The lowest BCUT2D eigenvalue weighted by atomic mass is 10.2. The molecule has 0 aliphatic carbocycles. The van der Waals surface area contributed by atoms with E-state index in [-0.39, 0.29) is 24.0 Å². The highest BCUT2D eigenvalue weighted by Gasteiger charge is 2.09. The highest BCUT2D eigenvalue weighted by Crippen LogP contribution is 2.11. The van der Waals surface area contributed by atoms with E-state index >= 15 is 0 Å². The topological polar surface area (TPSA) is 58.3 Å². The van der Waals surface area contributed by atoms with Gasteiger partial charge in [-0.1, -0.05) is 12.1 Å². The molecule has 0 saturated heterocycles. The van der Waals surface area contributed by atoms with Crippen molar-refractivity contribution in [1.82, 2.24) is 24.8 Å². The number of aliphatic imine (C=N–C) groups is 1. The van der Waals surface area contributed by atoms with E-state index in [1.165, 1.54) is 5.56 Å². The summed E-state index contributed by atoms with van der Waals surface area (Å²) in [6, 6.07) is 8.36. The highest BCUT2D eigenvalue weighted by molar-refractivity contribution is 14.0. The van der Waals surface area contributed by atoms with Gasteiger partial charge in [-0.2, -0.15) is 0 Å². The second-order valence-electron chi connectivity index (χ2n) is 5.75. The van der Waals surface area contributed by atoms with Crippen LogP contribution in [0.25, 0.3) is 5.69 Å². The average molecular weight is 482 g/mol. The van der Waals surface area contributed by atoms with Gasteiger partial charge in [0, 0.05) is 44.1 Å². The molecule has 2 aromatic heterocycles. The van der Waals surface area contributed by atoms with Crippen molar-refractivity contribution in [3.63, 3.8) is 0 Å². The Morgan fingerprint density at radius 2 is 2.23 bits per heavy atom. The molecule has 1 aromatic carbocycles. The lowest BCUT2D eigenvalue weighted by Gasteiger charge is -2.21. The molecule has 1 N–H and O–H groups in total. The van der Waals surface area contributed by atoms with Crippen LogP contribution in [-0.2, 0) is 13.1 Å². The molecular weight excluding hydrogens is 459 g/mol. The Kier molecular flexibility index (Phi) is 7.58. The van der Waals surface area contributed by atoms with Crippen molar-refractivity contribution in [3.05, 3.63) is 64.6 Å². The maximum atomic E-state index is 4.51. The van der Waals surface area contributed by atoms with Gasteiger partial charge >= 0.3 is 0 Å². The number of nitrogens with one attached hydrogen (secondary N) is 1. The summed E-state index contributed by atoms with van der Waals surface area (Å²) < 4.78 is 2.00. The standard InChI is InChI=1S/C18H22N6S.HI/c1-14-22-16(12-25-14)11-23(3)18(19-2)21-10-15-5-4-6-17(9-15)24-8-7-20-13-24;/h4-9,12-13H,10-11H2,1-3H3,(H,19,21);1H. The smallest absolute Gasteiger partial charge is 0.194 e. The second kappa shape index (κ2) is 9.67. The molecule has 3 rings (SSSR count). The van der Waals surface area contributed by atoms with E-state index in [4.69, 9.17) is 0 Å². The summed E-state index contributed by atoms with van der Waals surface area (Å²) >= 11 is 1.67. The molecule has 0 aliphatic heterocycles. The zero-order valence-corrected chi connectivity index (χ0v) is 18.2. The molecule has 0 unspecified atom stereocenters. The van der Waals surface area contributed by atoms with Gasteiger partial charge < -0.3 is 14.8 Å². The van der Waals surface area contributed by atoms with Gasteiger partial charge in [-0.05, 0) is 24.6 Å². The van der Waals surface area contributed by atoms with Gasteiger partial charge in [0.25, 0.3) is 0 Å². The number of hydrogen-bond donors (Lipinski definition) is 1. The lowest BCUT2D eigenvalue weighted by Crippen LogP contribution is -2.38. The Morgan fingerprint density at radius 1 is 1.38 bits per heavy atom. The first-order chi connectivity index (χ1) is 12.2. The van der Waals surface area contributed by atoms with E-state index in [9.17, 15) is 0 Å². The zero-order valence-electron chi connectivity index (χ0n) is 15.1. The van der Waals surface area contributed by atoms with Crippen LogP contribution in [-0.4, -0.2) is 39.5 Å². The largest absolute Gasteiger partial charge is 0.352 e. The normalized spacial score (nSPS) is 11.1. The van der Waals surface area contributed by atoms with Crippen molar-refractivity contribution in [2.24, 2.45) is 4.99 Å². The Morgan fingerprint density at radius 3 is 2.88 bits per heavy atom. The van der Waals surface area contributed by atoms with E-state index in [1.807, 2.05) is 24.7 Å². The van der Waals surface area contributed by atoms with Gasteiger partial charge in [0.15, 0.2) is 5.96 Å². The van der Waals surface area contributed by atoms with Crippen LogP contribution in [0.15, 0.2) is 53.4 Å². The van der Waals surface area contributed by atoms with Crippen LogP contribution in [0.1, 0.15) is 16.3 Å². The summed E-state index contributed by atoms with van der Waals surface area (Å²) in [5.41, 5.74) is 3.35. The molecule has 8 heteroatoms. The van der Waals surface area contributed by atoms with Crippen molar-refractivity contribution in [2.45, 2.75) is 20.0 Å². The third-order valence-corrected chi connectivity index (χ3v) is 4.63. The third kappa shape index (κ3) is 5.28. The van der Waals surface area contributed by atoms with E-state index < -0.39 is 0 Å². The summed E-state index contributed by atoms with van der Waals surface area (Å²) in [5, 5.41) is 6.59. The van der Waals surface area contributed by atoms with Gasteiger partial charge in [-0.15, -0.1) is 35.3 Å². The Labute approximate surface area is 175 Å². The molecule has 3 aromatic rings. The molecule has 0 amide bonds. The summed E-state index contributed by atoms with van der Waals surface area (Å²) in [6.45, 7) is 3.46. The number of rotatable bonds is 5. The number of aryl methyl sites for hydroxylation is 1. The molecule has 0 saturated carbocycles. The number of hydrogen-bond acceptors (Lipinski definition) is 4. The molecule has 0 spiro atoms. The predicted molar refractivity (Wildman–Crippen MR) is 117 cm³/mol. The second-order valence-corrected chi connectivity index (χ2v) is 6.82. The van der Waals surface area contributed by atoms with Crippen LogP contribution in [0.2, 0.25) is 0 Å². The van der Waals surface area contributed by atoms with E-state index in [0.29, 0.717) is 6.54 Å². The number of guanidine groups is 1. The summed E-state index contributed by atoms with van der Waals surface area (Å²) in [5.74, 6) is 0.846. The molecule has 0 fully saturated rings. The van der Waals surface area contributed by atoms with Gasteiger partial charge in [0.1, 0.15) is 0 Å². The van der Waals surface area contributed by atoms with E-state index in [2.05, 4.69) is 54.8 Å². The fourth-order valence-electron chi connectivity index (χ4n) is 2.60. The molecule has 0 aliphatic rings. The van der Waals surface area contributed by atoms with Crippen LogP contribution in [0, 0.1) is 6.92 Å². The number of thiazole rings is 1. The Balaban J connectivity index is 0.00000243. The molecule has 2 heterocycles. The van der Waals surface area contributed by atoms with Crippen molar-refractivity contribution in [1.29, 1.82) is 0 Å². The monoisotopic (exact) mass is 482 g/mol.